The molecule has 1 unspecified atom stereocenters. The van der Waals surface area contributed by atoms with Crippen LogP contribution in [0.15, 0.2) is 84.9 Å². The van der Waals surface area contributed by atoms with E-state index in [4.69, 9.17) is 26.5 Å². The fraction of sp³-hybridized carbons (Fsp3) is 0.257. The van der Waals surface area contributed by atoms with Crippen molar-refractivity contribution in [2.24, 2.45) is 11.7 Å². The van der Waals surface area contributed by atoms with Crippen LogP contribution in [0.1, 0.15) is 33.5 Å². The molecule has 11 heteroatoms. The second-order valence-corrected chi connectivity index (χ2v) is 13.1. The van der Waals surface area contributed by atoms with E-state index in [-0.39, 0.29) is 5.56 Å². The molecule has 5 rings (SSSR count). The molecular formula is C35H36N4O6S. The molecule has 0 aliphatic carbocycles. The molecular weight excluding hydrogens is 604 g/mol. The lowest BCUT2D eigenvalue weighted by molar-refractivity contribution is 0.0999. The Balaban J connectivity index is 1.36. The zero-order chi connectivity index (χ0) is 32.7. The number of amides is 1. The monoisotopic (exact) mass is 640 g/mol. The summed E-state index contributed by atoms with van der Waals surface area (Å²) in [6.45, 7) is 12.0. The highest BCUT2D eigenvalue weighted by atomic mass is 32.2. The largest absolute Gasteiger partial charge is 0.493 e. The Bertz CT molecular complexity index is 1830. The summed E-state index contributed by atoms with van der Waals surface area (Å²) in [4.78, 5) is 17.6. The van der Waals surface area contributed by atoms with Crippen LogP contribution in [0.3, 0.4) is 0 Å². The third kappa shape index (κ3) is 8.78. The van der Waals surface area contributed by atoms with Gasteiger partial charge >= 0.3 is 0 Å². The summed E-state index contributed by atoms with van der Waals surface area (Å²) >= 11 is 0. The maximum absolute atomic E-state index is 12.0. The molecule has 1 aliphatic heterocycles. The van der Waals surface area contributed by atoms with Gasteiger partial charge in [0, 0.05) is 42.9 Å². The van der Waals surface area contributed by atoms with E-state index in [1.54, 1.807) is 36.4 Å². The lowest BCUT2D eigenvalue weighted by Gasteiger charge is -2.28. The Morgan fingerprint density at radius 2 is 1.67 bits per heavy atom. The summed E-state index contributed by atoms with van der Waals surface area (Å²) < 4.78 is 44.1. The van der Waals surface area contributed by atoms with Crippen molar-refractivity contribution in [2.45, 2.75) is 26.4 Å². The molecule has 1 heterocycles. The molecule has 0 bridgehead atoms. The number of carbonyl (C=O) groups excluding carboxylic acids is 1. The van der Waals surface area contributed by atoms with E-state index in [0.29, 0.717) is 60.8 Å². The molecule has 4 aromatic carbocycles. The first-order valence-electron chi connectivity index (χ1n) is 14.8. The van der Waals surface area contributed by atoms with Crippen molar-refractivity contribution >= 4 is 33.0 Å². The van der Waals surface area contributed by atoms with Crippen LogP contribution < -0.4 is 24.8 Å². The molecule has 0 saturated carbocycles. The first-order chi connectivity index (χ1) is 22.1. The van der Waals surface area contributed by atoms with E-state index < -0.39 is 15.9 Å². The quantitative estimate of drug-likeness (QED) is 0.161. The van der Waals surface area contributed by atoms with E-state index in [1.165, 1.54) is 0 Å². The highest BCUT2D eigenvalue weighted by Crippen LogP contribution is 2.32. The molecule has 1 aliphatic rings. The zero-order valence-corrected chi connectivity index (χ0v) is 26.5. The van der Waals surface area contributed by atoms with Crippen molar-refractivity contribution in [2.75, 3.05) is 35.7 Å². The molecule has 3 N–H and O–H groups in total. The molecule has 46 heavy (non-hydrogen) atoms. The fourth-order valence-corrected chi connectivity index (χ4v) is 5.82. The van der Waals surface area contributed by atoms with Gasteiger partial charge in [-0.3, -0.25) is 9.52 Å². The normalized spacial score (nSPS) is 14.3. The van der Waals surface area contributed by atoms with Crippen LogP contribution in [0.2, 0.25) is 0 Å². The van der Waals surface area contributed by atoms with Gasteiger partial charge in [-0.15, -0.1) is 0 Å². The Morgan fingerprint density at radius 3 is 2.28 bits per heavy atom. The summed E-state index contributed by atoms with van der Waals surface area (Å²) in [7, 11) is -3.47. The molecule has 0 spiro atoms. The third-order valence-corrected chi connectivity index (χ3v) is 8.18. The average Bonchev–Trinajstić information content (AvgIpc) is 3.55. The molecule has 1 saturated heterocycles. The fourth-order valence-electron chi connectivity index (χ4n) is 5.20. The summed E-state index contributed by atoms with van der Waals surface area (Å²) in [6, 6.07) is 25.5. The highest BCUT2D eigenvalue weighted by Gasteiger charge is 2.18. The number of hydrogen-bond acceptors (Lipinski definition) is 7. The molecule has 238 valence electrons. The molecule has 1 amide bonds. The summed E-state index contributed by atoms with van der Waals surface area (Å²) in [5, 5.41) is 0. The van der Waals surface area contributed by atoms with Gasteiger partial charge < -0.3 is 24.8 Å². The molecule has 10 nitrogen and oxygen atoms in total. The van der Waals surface area contributed by atoms with Gasteiger partial charge in [0.05, 0.1) is 31.7 Å². The summed E-state index contributed by atoms with van der Waals surface area (Å²) in [6.07, 6.45) is 2.06. The van der Waals surface area contributed by atoms with Gasteiger partial charge in [0.1, 0.15) is 17.2 Å². The van der Waals surface area contributed by atoms with Crippen LogP contribution in [0.25, 0.3) is 4.85 Å². The van der Waals surface area contributed by atoms with E-state index in [0.717, 1.165) is 41.7 Å². The first kappa shape index (κ1) is 32.3. The number of nitrogens with two attached hydrogens (primary N) is 1. The van der Waals surface area contributed by atoms with E-state index in [1.807, 2.05) is 55.5 Å². The predicted molar refractivity (Wildman–Crippen MR) is 178 cm³/mol. The predicted octanol–water partition coefficient (Wildman–Crippen LogP) is 6.43. The number of primary amides is 1. The second-order valence-electron chi connectivity index (χ2n) is 11.3. The number of ether oxygens (including phenoxy) is 3. The number of nitrogens with one attached hydrogen (secondary N) is 1. The molecule has 1 atom stereocenters. The molecule has 0 aromatic heterocycles. The minimum absolute atomic E-state index is 0.287. The van der Waals surface area contributed by atoms with Crippen molar-refractivity contribution in [3.63, 3.8) is 0 Å². The third-order valence-electron chi connectivity index (χ3n) is 7.59. The van der Waals surface area contributed by atoms with Gasteiger partial charge in [0.2, 0.25) is 15.9 Å². The Kier molecular flexibility index (Phi) is 10.1. The smallest absolute Gasteiger partial charge is 0.248 e. The van der Waals surface area contributed by atoms with Crippen LogP contribution in [0.5, 0.6) is 17.2 Å². The van der Waals surface area contributed by atoms with Crippen LogP contribution in [-0.2, 0) is 27.8 Å². The maximum Gasteiger partial charge on any atom is 0.248 e. The van der Waals surface area contributed by atoms with Crippen molar-refractivity contribution < 1.29 is 27.4 Å². The number of sulfonamides is 1. The average molecular weight is 641 g/mol. The minimum Gasteiger partial charge on any atom is -0.493 e. The van der Waals surface area contributed by atoms with Crippen molar-refractivity contribution in [3.05, 3.63) is 119 Å². The van der Waals surface area contributed by atoms with Gasteiger partial charge in [-0.2, -0.15) is 0 Å². The Labute approximate surface area is 269 Å². The number of nitrogens with zero attached hydrogens (tertiary/aromatic N) is 2. The standard InChI is InChI=1S/C35H36N4O6S/c1-24-33(38-46(3,41)42)5-4-6-34(24)39(20-25-7-11-29(37-2)12-8-25)21-26-9-13-30(14-10-26)45-32-18-28(35(36)40)17-31(19-32)44-23-27-15-16-43-22-27/h4-14,17-19,27,38H,15-16,20-23H2,1,3H3,(H2,36,40). The van der Waals surface area contributed by atoms with E-state index in [2.05, 4.69) is 14.5 Å². The molecule has 4 aromatic rings. The van der Waals surface area contributed by atoms with Crippen molar-refractivity contribution in [3.8, 4) is 17.2 Å². The number of carbonyl (C=O) groups is 1. The number of anilines is 2. The van der Waals surface area contributed by atoms with Crippen LogP contribution in [0, 0.1) is 19.4 Å². The number of hydrogen-bond donors (Lipinski definition) is 2. The van der Waals surface area contributed by atoms with Crippen LogP contribution >= 0.6 is 0 Å². The molecule has 0 radical (unpaired) electrons. The van der Waals surface area contributed by atoms with E-state index >= 15 is 0 Å². The first-order valence-corrected chi connectivity index (χ1v) is 16.7. The highest BCUT2D eigenvalue weighted by molar-refractivity contribution is 7.92. The minimum atomic E-state index is -3.47. The lowest BCUT2D eigenvalue weighted by Crippen LogP contribution is -2.23. The van der Waals surface area contributed by atoms with Gasteiger partial charge in [0.25, 0.3) is 0 Å². The van der Waals surface area contributed by atoms with Gasteiger partial charge in [-0.25, -0.2) is 13.3 Å². The van der Waals surface area contributed by atoms with Crippen LogP contribution in [-0.4, -0.2) is 40.4 Å². The maximum atomic E-state index is 12.0. The van der Waals surface area contributed by atoms with Gasteiger partial charge in [0.15, 0.2) is 5.69 Å². The SMILES string of the molecule is [C-]#[N+]c1ccc(CN(Cc2ccc(Oc3cc(OCC4CCOC4)cc(C(N)=O)c3)cc2)c2cccc(NS(C)(=O)=O)c2C)cc1. The van der Waals surface area contributed by atoms with Gasteiger partial charge in [-0.05, 0) is 66.4 Å². The van der Waals surface area contributed by atoms with Gasteiger partial charge in [-0.1, -0.05) is 42.5 Å². The zero-order valence-electron chi connectivity index (χ0n) is 25.7. The van der Waals surface area contributed by atoms with Crippen molar-refractivity contribution in [1.82, 2.24) is 0 Å². The second kappa shape index (κ2) is 14.4. The Hall–Kier alpha value is -5.05. The summed E-state index contributed by atoms with van der Waals surface area (Å²) in [5.41, 5.74) is 10.6. The lowest BCUT2D eigenvalue weighted by atomic mass is 10.1. The Morgan fingerprint density at radius 1 is 1.00 bits per heavy atom. The molecule has 1 fully saturated rings. The summed E-state index contributed by atoms with van der Waals surface area (Å²) in [5.74, 6) is 1.21. The van der Waals surface area contributed by atoms with E-state index in [9.17, 15) is 13.2 Å². The van der Waals surface area contributed by atoms with Crippen LogP contribution in [0.4, 0.5) is 17.1 Å². The number of rotatable bonds is 13. The van der Waals surface area contributed by atoms with Crippen molar-refractivity contribution in [1.29, 1.82) is 0 Å². The number of benzene rings is 4. The topological polar surface area (TPSA) is 125 Å².